The topological polar surface area (TPSA) is 197 Å². The second-order valence-corrected chi connectivity index (χ2v) is 6.52. The number of nitrogen functional groups attached to an aromatic ring is 6. The zero-order valence-electron chi connectivity index (χ0n) is 17.6. The smallest absolute Gasteiger partial charge is 0.117 e. The minimum Gasteiger partial charge on any atom is -0.508 e. The summed E-state index contributed by atoms with van der Waals surface area (Å²) in [5.41, 5.74) is 36.3. The molecular weight excluding hydrogens is 404 g/mol. The van der Waals surface area contributed by atoms with E-state index in [2.05, 4.69) is 0 Å². The molecule has 168 valence electrons. The van der Waals surface area contributed by atoms with Gasteiger partial charge in [-0.15, -0.1) is 0 Å². The molecule has 8 heteroatoms. The fourth-order valence-corrected chi connectivity index (χ4v) is 2.05. The molecule has 4 aromatic rings. The van der Waals surface area contributed by atoms with Crippen LogP contribution in [0.15, 0.2) is 97.1 Å². The number of anilines is 6. The first-order valence-electron chi connectivity index (χ1n) is 9.46. The highest BCUT2D eigenvalue weighted by molar-refractivity contribution is 5.51. The van der Waals surface area contributed by atoms with Crippen LogP contribution in [-0.2, 0) is 0 Å². The van der Waals surface area contributed by atoms with Gasteiger partial charge in [0.25, 0.3) is 0 Å². The lowest BCUT2D eigenvalue weighted by atomic mass is 10.3. The number of phenolic OH excluding ortho intramolecular Hbond substituents is 2. The first-order chi connectivity index (χ1) is 15.2. The minimum atomic E-state index is 0.213. The second kappa shape index (κ2) is 13.5. The predicted octanol–water partition coefficient (Wildman–Crippen LogP) is 3.65. The first-order valence-corrected chi connectivity index (χ1v) is 9.46. The van der Waals surface area contributed by atoms with Crippen LogP contribution in [-0.4, -0.2) is 10.2 Å². The third-order valence-electron chi connectivity index (χ3n) is 3.61. The molecule has 0 fully saturated rings. The quantitative estimate of drug-likeness (QED) is 0.151. The summed E-state index contributed by atoms with van der Waals surface area (Å²) in [6.45, 7) is 0. The van der Waals surface area contributed by atoms with Crippen molar-refractivity contribution >= 4 is 34.1 Å². The summed E-state index contributed by atoms with van der Waals surface area (Å²) < 4.78 is 0. The molecule has 0 radical (unpaired) electrons. The molecule has 0 saturated heterocycles. The molecule has 0 heterocycles. The zero-order valence-corrected chi connectivity index (χ0v) is 17.6. The lowest BCUT2D eigenvalue weighted by molar-refractivity contribution is 0.475. The van der Waals surface area contributed by atoms with Crippen LogP contribution in [0.3, 0.4) is 0 Å². The Morgan fingerprint density at radius 2 is 0.688 bits per heavy atom. The van der Waals surface area contributed by atoms with Crippen LogP contribution in [0.4, 0.5) is 34.1 Å². The predicted molar refractivity (Wildman–Crippen MR) is 136 cm³/mol. The summed E-state index contributed by atoms with van der Waals surface area (Å²) in [5, 5.41) is 17.4. The van der Waals surface area contributed by atoms with Crippen LogP contribution in [0.5, 0.6) is 11.5 Å². The van der Waals surface area contributed by atoms with Crippen molar-refractivity contribution in [3.8, 4) is 11.5 Å². The fourth-order valence-electron chi connectivity index (χ4n) is 2.05. The maximum absolute atomic E-state index is 8.73. The van der Waals surface area contributed by atoms with E-state index in [0.29, 0.717) is 22.7 Å². The van der Waals surface area contributed by atoms with E-state index in [9.17, 15) is 0 Å². The highest BCUT2D eigenvalue weighted by Gasteiger charge is 1.84. The van der Waals surface area contributed by atoms with Crippen LogP contribution >= 0.6 is 0 Å². The van der Waals surface area contributed by atoms with E-state index >= 15 is 0 Å². The van der Waals surface area contributed by atoms with Crippen molar-refractivity contribution in [3.63, 3.8) is 0 Å². The van der Waals surface area contributed by atoms with E-state index in [0.717, 1.165) is 11.4 Å². The number of nitrogens with two attached hydrogens (primary N) is 6. The lowest BCUT2D eigenvalue weighted by Crippen LogP contribution is -1.87. The van der Waals surface area contributed by atoms with Gasteiger partial charge in [0.05, 0.1) is 0 Å². The lowest BCUT2D eigenvalue weighted by Gasteiger charge is -1.91. The van der Waals surface area contributed by atoms with Gasteiger partial charge in [-0.25, -0.2) is 0 Å². The summed E-state index contributed by atoms with van der Waals surface area (Å²) in [4.78, 5) is 0. The maximum Gasteiger partial charge on any atom is 0.117 e. The molecule has 14 N–H and O–H groups in total. The highest BCUT2D eigenvalue weighted by atomic mass is 16.3. The number of benzene rings is 4. The van der Waals surface area contributed by atoms with Crippen molar-refractivity contribution in [1.29, 1.82) is 0 Å². The Kier molecular flexibility index (Phi) is 10.7. The average Bonchev–Trinajstić information content (AvgIpc) is 2.73. The van der Waals surface area contributed by atoms with Crippen LogP contribution in [0.25, 0.3) is 0 Å². The zero-order chi connectivity index (χ0) is 23.9. The Hall–Kier alpha value is -4.72. The number of hydrogen-bond donors (Lipinski definition) is 8. The molecule has 0 bridgehead atoms. The molecule has 32 heavy (non-hydrogen) atoms. The van der Waals surface area contributed by atoms with Crippen molar-refractivity contribution < 1.29 is 10.2 Å². The van der Waals surface area contributed by atoms with Crippen molar-refractivity contribution in [1.82, 2.24) is 0 Å². The van der Waals surface area contributed by atoms with E-state index in [1.165, 1.54) is 6.07 Å². The van der Waals surface area contributed by atoms with Crippen LogP contribution in [0, 0.1) is 0 Å². The molecule has 0 aliphatic rings. The molecule has 0 amide bonds. The molecule has 0 atom stereocenters. The van der Waals surface area contributed by atoms with Crippen LogP contribution in [0.2, 0.25) is 0 Å². The Balaban J connectivity index is 0.000000213. The Morgan fingerprint density at radius 3 is 0.938 bits per heavy atom. The molecule has 0 spiro atoms. The number of hydrogen-bond acceptors (Lipinski definition) is 8. The van der Waals surface area contributed by atoms with Crippen LogP contribution in [0.1, 0.15) is 0 Å². The van der Waals surface area contributed by atoms with Crippen molar-refractivity contribution in [2.45, 2.75) is 0 Å². The van der Waals surface area contributed by atoms with Crippen molar-refractivity contribution in [3.05, 3.63) is 97.1 Å². The first kappa shape index (κ1) is 25.3. The normalized spacial score (nSPS) is 9.00. The SMILES string of the molecule is Nc1ccc(N)cc1.Nc1ccc(O)cc1.Nc1cccc(N)c1.Nc1cccc(O)c1. The summed E-state index contributed by atoms with van der Waals surface area (Å²) in [6, 6.07) is 27.1. The molecule has 0 aromatic heterocycles. The number of rotatable bonds is 0. The van der Waals surface area contributed by atoms with E-state index < -0.39 is 0 Å². The molecular formula is C24H30N6O2. The van der Waals surface area contributed by atoms with Gasteiger partial charge in [0.15, 0.2) is 0 Å². The summed E-state index contributed by atoms with van der Waals surface area (Å²) >= 11 is 0. The Labute approximate surface area is 187 Å². The standard InChI is InChI=1S/2C6H8N2.2C6H7NO/c7-5-1-2-6(8)4-3-5;7-5-2-1-3-6(8)4-5;7-5-1-3-6(8)4-2-5;7-5-2-1-3-6(8)4-5/h2*1-4H,7-8H2;2*1-4,8H,7H2. The van der Waals surface area contributed by atoms with E-state index in [1.54, 1.807) is 84.9 Å². The average molecular weight is 435 g/mol. The van der Waals surface area contributed by atoms with Gasteiger partial charge in [-0.2, -0.15) is 0 Å². The highest BCUT2D eigenvalue weighted by Crippen LogP contribution is 2.11. The molecule has 0 aliphatic carbocycles. The van der Waals surface area contributed by atoms with Gasteiger partial charge in [-0.3, -0.25) is 0 Å². The van der Waals surface area contributed by atoms with Crippen LogP contribution < -0.4 is 34.4 Å². The molecule has 8 nitrogen and oxygen atoms in total. The van der Waals surface area contributed by atoms with Gasteiger partial charge < -0.3 is 44.6 Å². The van der Waals surface area contributed by atoms with Gasteiger partial charge in [0, 0.05) is 40.2 Å². The van der Waals surface area contributed by atoms with Crippen molar-refractivity contribution in [2.24, 2.45) is 0 Å². The van der Waals surface area contributed by atoms with E-state index in [-0.39, 0.29) is 11.5 Å². The number of aromatic hydroxyl groups is 2. The van der Waals surface area contributed by atoms with Gasteiger partial charge in [0.2, 0.25) is 0 Å². The third-order valence-corrected chi connectivity index (χ3v) is 3.61. The van der Waals surface area contributed by atoms with Gasteiger partial charge >= 0.3 is 0 Å². The van der Waals surface area contributed by atoms with Crippen molar-refractivity contribution in [2.75, 3.05) is 34.4 Å². The minimum absolute atomic E-state index is 0.213. The summed E-state index contributed by atoms with van der Waals surface area (Å²) in [6.07, 6.45) is 0. The van der Waals surface area contributed by atoms with Gasteiger partial charge in [-0.1, -0.05) is 12.1 Å². The molecule has 0 saturated carbocycles. The van der Waals surface area contributed by atoms with E-state index in [4.69, 9.17) is 44.6 Å². The molecule has 4 aromatic carbocycles. The Bertz CT molecular complexity index is 891. The largest absolute Gasteiger partial charge is 0.508 e. The monoisotopic (exact) mass is 434 g/mol. The van der Waals surface area contributed by atoms with Gasteiger partial charge in [0.1, 0.15) is 11.5 Å². The molecule has 0 unspecified atom stereocenters. The summed E-state index contributed by atoms with van der Waals surface area (Å²) in [5.74, 6) is 0.462. The van der Waals surface area contributed by atoms with Gasteiger partial charge in [-0.05, 0) is 78.9 Å². The molecule has 4 rings (SSSR count). The Morgan fingerprint density at radius 1 is 0.344 bits per heavy atom. The third kappa shape index (κ3) is 12.0. The maximum atomic E-state index is 8.73. The second-order valence-electron chi connectivity index (χ2n) is 6.52. The van der Waals surface area contributed by atoms with E-state index in [1.807, 2.05) is 6.07 Å². The fraction of sp³-hybridized carbons (Fsp3) is 0. The molecule has 0 aliphatic heterocycles. The number of phenols is 2. The summed E-state index contributed by atoms with van der Waals surface area (Å²) in [7, 11) is 0.